The quantitative estimate of drug-likeness (QED) is 0.585. The highest BCUT2D eigenvalue weighted by atomic mass is 127. The van der Waals surface area contributed by atoms with Crippen molar-refractivity contribution in [2.24, 2.45) is 0 Å². The number of carbonyl (C=O) groups is 1. The lowest BCUT2D eigenvalue weighted by Crippen LogP contribution is -2.27. The molecule has 2 aromatic rings. The second-order valence-electron chi connectivity index (χ2n) is 5.45. The Kier molecular flexibility index (Phi) is 4.87. The van der Waals surface area contributed by atoms with Crippen molar-refractivity contribution in [2.45, 2.75) is 26.4 Å². The summed E-state index contributed by atoms with van der Waals surface area (Å²) in [7, 11) is 0. The molecule has 21 heavy (non-hydrogen) atoms. The van der Waals surface area contributed by atoms with Gasteiger partial charge in [-0.25, -0.2) is 9.48 Å². The van der Waals surface area contributed by atoms with Gasteiger partial charge in [0.25, 0.3) is 0 Å². The lowest BCUT2D eigenvalue weighted by Gasteiger charge is -2.19. The van der Waals surface area contributed by atoms with Crippen LogP contribution in [0.3, 0.4) is 0 Å². The minimum absolute atomic E-state index is 0.101. The van der Waals surface area contributed by atoms with E-state index in [1.807, 2.05) is 45.2 Å². The summed E-state index contributed by atoms with van der Waals surface area (Å²) in [5.41, 5.74) is 0.434. The molecule has 0 bridgehead atoms. The minimum Gasteiger partial charge on any atom is -0.482 e. The molecular weight excluding hydrogens is 383 g/mol. The van der Waals surface area contributed by atoms with E-state index in [1.165, 1.54) is 0 Å². The van der Waals surface area contributed by atoms with Gasteiger partial charge in [-0.05, 0) is 73.7 Å². The summed E-state index contributed by atoms with van der Waals surface area (Å²) in [6.07, 6.45) is 1.89. The van der Waals surface area contributed by atoms with Gasteiger partial charge < -0.3 is 9.47 Å². The van der Waals surface area contributed by atoms with Crippen LogP contribution < -0.4 is 4.74 Å². The Morgan fingerprint density at radius 1 is 1.24 bits per heavy atom. The van der Waals surface area contributed by atoms with E-state index in [2.05, 4.69) is 27.7 Å². The van der Waals surface area contributed by atoms with E-state index in [0.29, 0.717) is 5.75 Å². The van der Waals surface area contributed by atoms with Crippen molar-refractivity contribution < 1.29 is 14.3 Å². The highest BCUT2D eigenvalue weighted by Gasteiger charge is 2.16. The summed E-state index contributed by atoms with van der Waals surface area (Å²) >= 11 is 2.16. The van der Waals surface area contributed by atoms with Gasteiger partial charge in [-0.15, -0.1) is 0 Å². The zero-order chi connectivity index (χ0) is 15.5. The van der Waals surface area contributed by atoms with Gasteiger partial charge in [0.15, 0.2) is 6.61 Å². The molecule has 0 aliphatic rings. The molecule has 0 aliphatic carbocycles. The Hall–Kier alpha value is -1.57. The normalized spacial score (nSPS) is 11.2. The molecule has 0 amide bonds. The third-order valence-corrected chi connectivity index (χ3v) is 3.01. The molecular formula is C15H17IN2O3. The van der Waals surface area contributed by atoms with Crippen LogP contribution in [0.4, 0.5) is 0 Å². The first-order valence-electron chi connectivity index (χ1n) is 6.50. The third-order valence-electron chi connectivity index (χ3n) is 2.43. The predicted molar refractivity (Wildman–Crippen MR) is 87.6 cm³/mol. The van der Waals surface area contributed by atoms with Crippen LogP contribution in [-0.2, 0) is 9.53 Å². The summed E-state index contributed by atoms with van der Waals surface area (Å²) in [6.45, 7) is 5.37. The molecule has 0 saturated heterocycles. The number of hydrogen-bond acceptors (Lipinski definition) is 4. The number of ether oxygens (including phenoxy) is 2. The number of aromatic nitrogens is 2. The Morgan fingerprint density at radius 2 is 1.90 bits per heavy atom. The van der Waals surface area contributed by atoms with Crippen molar-refractivity contribution in [1.82, 2.24) is 9.78 Å². The van der Waals surface area contributed by atoms with Crippen molar-refractivity contribution in [3.63, 3.8) is 0 Å². The molecule has 112 valence electrons. The smallest absolute Gasteiger partial charge is 0.344 e. The standard InChI is InChI=1S/C15H17IN2O3/c1-15(2,3)21-14(19)10-20-12-6-4-11(5-7-12)18-9-8-13(16)17-18/h4-9H,10H2,1-3H3. The number of nitrogens with zero attached hydrogens (tertiary/aromatic N) is 2. The number of esters is 1. The van der Waals surface area contributed by atoms with Crippen molar-refractivity contribution in [3.05, 3.63) is 40.2 Å². The maximum Gasteiger partial charge on any atom is 0.344 e. The van der Waals surface area contributed by atoms with Gasteiger partial charge in [0.05, 0.1) is 5.69 Å². The van der Waals surface area contributed by atoms with Crippen LogP contribution in [0.25, 0.3) is 5.69 Å². The van der Waals surface area contributed by atoms with Crippen LogP contribution in [-0.4, -0.2) is 28.0 Å². The maximum atomic E-state index is 11.6. The molecule has 0 unspecified atom stereocenters. The van der Waals surface area contributed by atoms with Crippen LogP contribution in [0.15, 0.2) is 36.5 Å². The Labute approximate surface area is 137 Å². The van der Waals surface area contributed by atoms with Gasteiger partial charge in [0.2, 0.25) is 0 Å². The SMILES string of the molecule is CC(C)(C)OC(=O)COc1ccc(-n2ccc(I)n2)cc1. The predicted octanol–water partition coefficient (Wildman–Crippen LogP) is 3.20. The van der Waals surface area contributed by atoms with E-state index in [-0.39, 0.29) is 12.6 Å². The zero-order valence-corrected chi connectivity index (χ0v) is 14.3. The molecule has 0 radical (unpaired) electrons. The molecule has 0 N–H and O–H groups in total. The second kappa shape index (κ2) is 6.46. The van der Waals surface area contributed by atoms with E-state index >= 15 is 0 Å². The van der Waals surface area contributed by atoms with Gasteiger partial charge in [0.1, 0.15) is 15.1 Å². The number of benzene rings is 1. The van der Waals surface area contributed by atoms with Crippen molar-refractivity contribution in [1.29, 1.82) is 0 Å². The second-order valence-corrected chi connectivity index (χ2v) is 6.56. The number of halogens is 1. The highest BCUT2D eigenvalue weighted by Crippen LogP contribution is 2.16. The molecule has 0 saturated carbocycles. The van der Waals surface area contributed by atoms with Crippen LogP contribution in [0.5, 0.6) is 5.75 Å². The van der Waals surface area contributed by atoms with Crippen molar-refractivity contribution >= 4 is 28.6 Å². The summed E-state index contributed by atoms with van der Waals surface area (Å²) in [5.74, 6) is 0.236. The fraction of sp³-hybridized carbons (Fsp3) is 0.333. The zero-order valence-electron chi connectivity index (χ0n) is 12.2. The summed E-state index contributed by atoms with van der Waals surface area (Å²) in [5, 5.41) is 4.31. The van der Waals surface area contributed by atoms with Crippen LogP contribution in [0.2, 0.25) is 0 Å². The van der Waals surface area contributed by atoms with E-state index in [1.54, 1.807) is 16.8 Å². The molecule has 0 spiro atoms. The summed E-state index contributed by atoms with van der Waals surface area (Å²) < 4.78 is 13.3. The number of carbonyl (C=O) groups excluding carboxylic acids is 1. The highest BCUT2D eigenvalue weighted by molar-refractivity contribution is 14.1. The lowest BCUT2D eigenvalue weighted by molar-refractivity contribution is -0.157. The van der Waals surface area contributed by atoms with Gasteiger partial charge in [0, 0.05) is 6.20 Å². The van der Waals surface area contributed by atoms with Crippen LogP contribution >= 0.6 is 22.6 Å². The van der Waals surface area contributed by atoms with E-state index in [9.17, 15) is 4.79 Å². The molecule has 0 atom stereocenters. The molecule has 0 aliphatic heterocycles. The minimum atomic E-state index is -0.498. The Balaban J connectivity index is 1.92. The largest absolute Gasteiger partial charge is 0.482 e. The monoisotopic (exact) mass is 400 g/mol. The average molecular weight is 400 g/mol. The number of rotatable bonds is 4. The molecule has 2 rings (SSSR count). The van der Waals surface area contributed by atoms with Crippen LogP contribution in [0, 0.1) is 3.70 Å². The third kappa shape index (κ3) is 5.04. The Morgan fingerprint density at radius 3 is 2.43 bits per heavy atom. The molecule has 0 fully saturated rings. The van der Waals surface area contributed by atoms with Crippen molar-refractivity contribution in [2.75, 3.05) is 6.61 Å². The molecule has 1 aromatic heterocycles. The van der Waals surface area contributed by atoms with Gasteiger partial charge in [-0.3, -0.25) is 0 Å². The maximum absolute atomic E-state index is 11.6. The fourth-order valence-corrected chi connectivity index (χ4v) is 2.05. The van der Waals surface area contributed by atoms with Gasteiger partial charge >= 0.3 is 5.97 Å². The van der Waals surface area contributed by atoms with E-state index in [0.717, 1.165) is 9.39 Å². The molecule has 5 nitrogen and oxygen atoms in total. The lowest BCUT2D eigenvalue weighted by atomic mass is 10.2. The van der Waals surface area contributed by atoms with Crippen molar-refractivity contribution in [3.8, 4) is 11.4 Å². The van der Waals surface area contributed by atoms with Gasteiger partial charge in [-0.1, -0.05) is 0 Å². The molecule has 6 heteroatoms. The first kappa shape index (κ1) is 15.8. The topological polar surface area (TPSA) is 53.4 Å². The number of hydrogen-bond donors (Lipinski definition) is 0. The van der Waals surface area contributed by atoms with E-state index in [4.69, 9.17) is 9.47 Å². The van der Waals surface area contributed by atoms with Crippen LogP contribution in [0.1, 0.15) is 20.8 Å². The van der Waals surface area contributed by atoms with E-state index < -0.39 is 5.60 Å². The summed E-state index contributed by atoms with van der Waals surface area (Å²) in [4.78, 5) is 11.6. The summed E-state index contributed by atoms with van der Waals surface area (Å²) in [6, 6.07) is 9.29. The molecule has 1 aromatic carbocycles. The fourth-order valence-electron chi connectivity index (χ4n) is 1.65. The first-order valence-corrected chi connectivity index (χ1v) is 7.58. The van der Waals surface area contributed by atoms with Gasteiger partial charge in [-0.2, -0.15) is 5.10 Å². The first-order chi connectivity index (χ1) is 9.83. The molecule has 1 heterocycles. The Bertz CT molecular complexity index is 615. The average Bonchev–Trinajstić information content (AvgIpc) is 2.82.